The minimum absolute atomic E-state index is 0.167. The number of carboxylic acid groups (broad SMARTS) is 1. The number of allylic oxidation sites excluding steroid dienone is 5. The molecule has 3 heteroatoms. The summed E-state index contributed by atoms with van der Waals surface area (Å²) in [6.45, 7) is 4.07. The summed E-state index contributed by atoms with van der Waals surface area (Å²) in [6, 6.07) is 0. The van der Waals surface area contributed by atoms with Gasteiger partial charge in [-0.2, -0.15) is 0 Å². The molecule has 0 saturated carbocycles. The van der Waals surface area contributed by atoms with Gasteiger partial charge in [0.2, 0.25) is 0 Å². The van der Waals surface area contributed by atoms with Crippen LogP contribution >= 0.6 is 0 Å². The lowest BCUT2D eigenvalue weighted by Gasteiger charge is -2.32. The second-order valence-corrected chi connectivity index (χ2v) is 4.03. The Bertz CT molecular complexity index is 336. The minimum Gasteiger partial charge on any atom is -0.481 e. The van der Waals surface area contributed by atoms with Crippen LogP contribution in [0.15, 0.2) is 36.2 Å². The summed E-state index contributed by atoms with van der Waals surface area (Å²) < 4.78 is 0. The van der Waals surface area contributed by atoms with Gasteiger partial charge in [-0.1, -0.05) is 26.0 Å². The van der Waals surface area contributed by atoms with E-state index in [0.29, 0.717) is 0 Å². The molecule has 0 aromatic rings. The maximum absolute atomic E-state index is 11.0. The Morgan fingerprint density at radius 2 is 2.00 bits per heavy atom. The second-order valence-electron chi connectivity index (χ2n) is 4.03. The molecular weight excluding hydrogens is 202 g/mol. The Kier molecular flexibility index (Phi) is 4.35. The number of aliphatic carboxylic acids is 1. The predicted octanol–water partition coefficient (Wildman–Crippen LogP) is 2.82. The van der Waals surface area contributed by atoms with Gasteiger partial charge in [0.1, 0.15) is 0 Å². The fourth-order valence-electron chi connectivity index (χ4n) is 2.05. The molecule has 0 aromatic heterocycles. The molecule has 1 heterocycles. The third-order valence-corrected chi connectivity index (χ3v) is 3.23. The van der Waals surface area contributed by atoms with Crippen molar-refractivity contribution >= 4 is 5.97 Å². The van der Waals surface area contributed by atoms with Crippen molar-refractivity contribution in [3.8, 4) is 0 Å². The summed E-state index contributed by atoms with van der Waals surface area (Å²) >= 11 is 0. The molecule has 0 saturated heterocycles. The fraction of sp³-hybridized carbons (Fsp3) is 0.462. The van der Waals surface area contributed by atoms with Crippen LogP contribution in [-0.4, -0.2) is 11.1 Å². The average molecular weight is 221 g/mol. The van der Waals surface area contributed by atoms with Gasteiger partial charge in [0.25, 0.3) is 0 Å². The SMILES string of the molecule is CCC(CC)(CC(=O)O)C1=CC=CC=CN1. The summed E-state index contributed by atoms with van der Waals surface area (Å²) in [5.74, 6) is -0.747. The Morgan fingerprint density at radius 1 is 1.31 bits per heavy atom. The van der Waals surface area contributed by atoms with Gasteiger partial charge in [-0.3, -0.25) is 4.79 Å². The highest BCUT2D eigenvalue weighted by molar-refractivity contribution is 5.68. The van der Waals surface area contributed by atoms with Crippen molar-refractivity contribution in [2.75, 3.05) is 0 Å². The van der Waals surface area contributed by atoms with Gasteiger partial charge in [-0.25, -0.2) is 0 Å². The highest BCUT2D eigenvalue weighted by Gasteiger charge is 2.33. The van der Waals surface area contributed by atoms with E-state index >= 15 is 0 Å². The molecule has 0 bridgehead atoms. The van der Waals surface area contributed by atoms with E-state index in [4.69, 9.17) is 5.11 Å². The molecule has 0 amide bonds. The molecule has 16 heavy (non-hydrogen) atoms. The Labute approximate surface area is 96.5 Å². The molecule has 0 aromatic carbocycles. The lowest BCUT2D eigenvalue weighted by atomic mass is 9.76. The zero-order valence-corrected chi connectivity index (χ0v) is 9.86. The van der Waals surface area contributed by atoms with Crippen molar-refractivity contribution < 1.29 is 9.90 Å². The van der Waals surface area contributed by atoms with E-state index in [9.17, 15) is 4.79 Å². The Morgan fingerprint density at radius 3 is 2.56 bits per heavy atom. The summed E-state index contributed by atoms with van der Waals surface area (Å²) in [5.41, 5.74) is 0.704. The van der Waals surface area contributed by atoms with Gasteiger partial charge in [0, 0.05) is 17.3 Å². The van der Waals surface area contributed by atoms with Crippen molar-refractivity contribution in [2.24, 2.45) is 5.41 Å². The third kappa shape index (κ3) is 2.75. The molecule has 1 aliphatic heterocycles. The Hall–Kier alpha value is -1.51. The van der Waals surface area contributed by atoms with Crippen LogP contribution < -0.4 is 5.32 Å². The molecule has 88 valence electrons. The largest absolute Gasteiger partial charge is 0.481 e. The zero-order valence-electron chi connectivity index (χ0n) is 9.86. The summed E-state index contributed by atoms with van der Waals surface area (Å²) in [7, 11) is 0. The normalized spacial score (nSPS) is 15.2. The van der Waals surface area contributed by atoms with Crippen LogP contribution in [0.25, 0.3) is 0 Å². The molecule has 0 fully saturated rings. The van der Waals surface area contributed by atoms with E-state index in [-0.39, 0.29) is 11.8 Å². The number of rotatable bonds is 5. The van der Waals surface area contributed by atoms with Crippen LogP contribution in [-0.2, 0) is 4.79 Å². The van der Waals surface area contributed by atoms with Crippen LogP contribution in [0.5, 0.6) is 0 Å². The number of hydrogen-bond acceptors (Lipinski definition) is 2. The average Bonchev–Trinajstić information content (AvgIpc) is 2.54. The van der Waals surface area contributed by atoms with Crippen LogP contribution in [0.1, 0.15) is 33.1 Å². The molecule has 0 aliphatic carbocycles. The first-order valence-corrected chi connectivity index (χ1v) is 5.67. The van der Waals surface area contributed by atoms with E-state index in [1.54, 1.807) is 0 Å². The topological polar surface area (TPSA) is 49.3 Å². The van der Waals surface area contributed by atoms with E-state index in [0.717, 1.165) is 18.5 Å². The van der Waals surface area contributed by atoms with Crippen molar-refractivity contribution in [3.05, 3.63) is 36.2 Å². The van der Waals surface area contributed by atoms with Gasteiger partial charge in [-0.15, -0.1) is 0 Å². The smallest absolute Gasteiger partial charge is 0.304 e. The third-order valence-electron chi connectivity index (χ3n) is 3.23. The van der Waals surface area contributed by atoms with E-state index in [1.165, 1.54) is 0 Å². The van der Waals surface area contributed by atoms with Gasteiger partial charge in [0.05, 0.1) is 6.42 Å². The number of carbonyl (C=O) groups is 1. The lowest BCUT2D eigenvalue weighted by Crippen LogP contribution is -2.31. The monoisotopic (exact) mass is 221 g/mol. The van der Waals surface area contributed by atoms with Gasteiger partial charge >= 0.3 is 5.97 Å². The molecule has 0 unspecified atom stereocenters. The number of carboxylic acids is 1. The first kappa shape index (κ1) is 12.6. The molecule has 1 aliphatic rings. The predicted molar refractivity (Wildman–Crippen MR) is 64.8 cm³/mol. The number of hydrogen-bond donors (Lipinski definition) is 2. The van der Waals surface area contributed by atoms with Gasteiger partial charge in [0.15, 0.2) is 0 Å². The molecule has 2 N–H and O–H groups in total. The van der Waals surface area contributed by atoms with Crippen LogP contribution in [0.4, 0.5) is 0 Å². The molecule has 0 atom stereocenters. The first-order chi connectivity index (χ1) is 7.64. The molecule has 3 nitrogen and oxygen atoms in total. The highest BCUT2D eigenvalue weighted by atomic mass is 16.4. The minimum atomic E-state index is -0.747. The Balaban J connectivity index is 2.99. The summed E-state index contributed by atoms with van der Waals surface area (Å²) in [4.78, 5) is 11.0. The van der Waals surface area contributed by atoms with Gasteiger partial charge < -0.3 is 10.4 Å². The van der Waals surface area contributed by atoms with Crippen LogP contribution in [0.3, 0.4) is 0 Å². The van der Waals surface area contributed by atoms with Crippen molar-refractivity contribution in [1.82, 2.24) is 5.32 Å². The van der Waals surface area contributed by atoms with E-state index in [1.807, 2.05) is 44.4 Å². The summed E-state index contributed by atoms with van der Waals surface area (Å²) in [6.07, 6.45) is 11.4. The highest BCUT2D eigenvalue weighted by Crippen LogP contribution is 2.37. The summed E-state index contributed by atoms with van der Waals surface area (Å²) in [5, 5.41) is 12.2. The van der Waals surface area contributed by atoms with E-state index < -0.39 is 5.97 Å². The van der Waals surface area contributed by atoms with Crippen LogP contribution in [0.2, 0.25) is 0 Å². The fourth-order valence-corrected chi connectivity index (χ4v) is 2.05. The first-order valence-electron chi connectivity index (χ1n) is 5.67. The zero-order chi connectivity index (χ0) is 12.0. The van der Waals surface area contributed by atoms with Crippen molar-refractivity contribution in [3.63, 3.8) is 0 Å². The quantitative estimate of drug-likeness (QED) is 0.750. The molecule has 1 rings (SSSR count). The molecule has 0 radical (unpaired) electrons. The van der Waals surface area contributed by atoms with Crippen LogP contribution in [0, 0.1) is 5.41 Å². The van der Waals surface area contributed by atoms with Crippen molar-refractivity contribution in [2.45, 2.75) is 33.1 Å². The number of nitrogens with one attached hydrogen (secondary N) is 1. The second kappa shape index (κ2) is 5.54. The maximum Gasteiger partial charge on any atom is 0.304 e. The lowest BCUT2D eigenvalue weighted by molar-refractivity contribution is -0.139. The standard InChI is InChI=1S/C13H19NO2/c1-3-13(4-2,10-12(15)16)11-8-6-5-7-9-14-11/h5-9,14H,3-4,10H2,1-2H3,(H,15,16). The maximum atomic E-state index is 11.0. The van der Waals surface area contributed by atoms with Gasteiger partial charge in [-0.05, 0) is 25.0 Å². The van der Waals surface area contributed by atoms with E-state index in [2.05, 4.69) is 5.32 Å². The van der Waals surface area contributed by atoms with Crippen molar-refractivity contribution in [1.29, 1.82) is 0 Å². The molecular formula is C13H19NO2. The molecule has 0 spiro atoms.